The van der Waals surface area contributed by atoms with Gasteiger partial charge >= 0.3 is 0 Å². The van der Waals surface area contributed by atoms with Crippen molar-refractivity contribution in [2.24, 2.45) is 5.92 Å². The quantitative estimate of drug-likeness (QED) is 0.445. The summed E-state index contributed by atoms with van der Waals surface area (Å²) in [5.41, 5.74) is 1.60. The first-order chi connectivity index (χ1) is 15.9. The van der Waals surface area contributed by atoms with Gasteiger partial charge in [0.1, 0.15) is 11.8 Å². The number of hydrogen-bond donors (Lipinski definition) is 1. The third-order valence-electron chi connectivity index (χ3n) is 5.05. The molecule has 1 N–H and O–H groups in total. The van der Waals surface area contributed by atoms with Crippen LogP contribution >= 0.6 is 11.6 Å². The van der Waals surface area contributed by atoms with Crippen LogP contribution in [0, 0.1) is 5.92 Å². The molecule has 0 fully saturated rings. The van der Waals surface area contributed by atoms with E-state index in [4.69, 9.17) is 16.3 Å². The number of halogens is 1. The van der Waals surface area contributed by atoms with Crippen LogP contribution in [0.1, 0.15) is 31.0 Å². The van der Waals surface area contributed by atoms with Crippen LogP contribution in [-0.2, 0) is 16.1 Å². The third-order valence-corrected chi connectivity index (χ3v) is 5.30. The largest absolute Gasteiger partial charge is 0.484 e. The van der Waals surface area contributed by atoms with Gasteiger partial charge in [0, 0.05) is 18.1 Å². The summed E-state index contributed by atoms with van der Waals surface area (Å²) in [4.78, 5) is 28.4. The molecule has 0 saturated heterocycles. The van der Waals surface area contributed by atoms with Crippen molar-refractivity contribution in [2.45, 2.75) is 26.4 Å². The monoisotopic (exact) mass is 464 g/mol. The number of nitrogens with zero attached hydrogens (tertiary/aromatic N) is 1. The molecule has 0 aliphatic rings. The van der Waals surface area contributed by atoms with Crippen LogP contribution in [0.3, 0.4) is 0 Å². The second kappa shape index (κ2) is 12.1. The van der Waals surface area contributed by atoms with Gasteiger partial charge in [0.15, 0.2) is 6.61 Å². The third kappa shape index (κ3) is 7.36. The van der Waals surface area contributed by atoms with Crippen molar-refractivity contribution in [1.82, 2.24) is 10.2 Å². The number of nitrogens with one attached hydrogen (secondary N) is 1. The molecule has 5 nitrogen and oxygen atoms in total. The molecule has 0 unspecified atom stereocenters. The summed E-state index contributed by atoms with van der Waals surface area (Å²) in [7, 11) is 0. The van der Waals surface area contributed by atoms with Crippen LogP contribution in [0.2, 0.25) is 5.02 Å². The molecule has 3 aromatic carbocycles. The predicted octanol–water partition coefficient (Wildman–Crippen LogP) is 5.26. The molecule has 0 bridgehead atoms. The van der Waals surface area contributed by atoms with Gasteiger partial charge in [-0.05, 0) is 41.3 Å². The zero-order chi connectivity index (χ0) is 23.6. The maximum absolute atomic E-state index is 13.4. The summed E-state index contributed by atoms with van der Waals surface area (Å²) in [5.74, 6) is 0.365. The predicted molar refractivity (Wildman–Crippen MR) is 131 cm³/mol. The van der Waals surface area contributed by atoms with Crippen molar-refractivity contribution in [3.63, 3.8) is 0 Å². The molecule has 3 aromatic rings. The summed E-state index contributed by atoms with van der Waals surface area (Å²) in [6.07, 6.45) is 0. The Balaban J connectivity index is 1.92. The van der Waals surface area contributed by atoms with E-state index >= 15 is 0 Å². The molecule has 0 aromatic heterocycles. The SMILES string of the molecule is CC(C)CNC(=O)[C@@H](c1ccccc1)N(Cc1ccc(Cl)cc1)C(=O)COc1ccccc1. The number of ether oxygens (including phenoxy) is 1. The van der Waals surface area contributed by atoms with Crippen LogP contribution < -0.4 is 10.1 Å². The summed E-state index contributed by atoms with van der Waals surface area (Å²) >= 11 is 6.04. The van der Waals surface area contributed by atoms with Crippen LogP contribution in [0.4, 0.5) is 0 Å². The second-order valence-electron chi connectivity index (χ2n) is 8.20. The van der Waals surface area contributed by atoms with Gasteiger partial charge < -0.3 is 15.0 Å². The number of carbonyl (C=O) groups is 2. The molecule has 1 atom stereocenters. The average molecular weight is 465 g/mol. The molecule has 33 heavy (non-hydrogen) atoms. The van der Waals surface area contributed by atoms with Crippen molar-refractivity contribution < 1.29 is 14.3 Å². The average Bonchev–Trinajstić information content (AvgIpc) is 2.83. The van der Waals surface area contributed by atoms with Gasteiger partial charge in [-0.2, -0.15) is 0 Å². The molecule has 0 saturated carbocycles. The maximum atomic E-state index is 13.4. The van der Waals surface area contributed by atoms with Crippen molar-refractivity contribution in [1.29, 1.82) is 0 Å². The van der Waals surface area contributed by atoms with Crippen LogP contribution in [-0.4, -0.2) is 29.9 Å². The summed E-state index contributed by atoms with van der Waals surface area (Å²) in [5, 5.41) is 3.60. The Hall–Kier alpha value is -3.31. The topological polar surface area (TPSA) is 58.6 Å². The molecule has 0 spiro atoms. The number of amides is 2. The Bertz CT molecular complexity index is 1020. The highest BCUT2D eigenvalue weighted by molar-refractivity contribution is 6.30. The summed E-state index contributed by atoms with van der Waals surface area (Å²) in [6.45, 7) is 4.64. The molecule has 0 radical (unpaired) electrons. The summed E-state index contributed by atoms with van der Waals surface area (Å²) in [6, 6.07) is 25.0. The minimum absolute atomic E-state index is 0.182. The van der Waals surface area contributed by atoms with Gasteiger partial charge in [0.2, 0.25) is 5.91 Å². The molecule has 3 rings (SSSR count). The minimum atomic E-state index is -0.799. The molecular weight excluding hydrogens is 436 g/mol. The lowest BCUT2D eigenvalue weighted by atomic mass is 10.0. The van der Waals surface area contributed by atoms with Crippen LogP contribution in [0.25, 0.3) is 0 Å². The lowest BCUT2D eigenvalue weighted by molar-refractivity contribution is -0.143. The number of rotatable bonds is 10. The van der Waals surface area contributed by atoms with E-state index in [0.29, 0.717) is 17.3 Å². The van der Waals surface area contributed by atoms with Gasteiger partial charge in [0.05, 0.1) is 0 Å². The fourth-order valence-electron chi connectivity index (χ4n) is 3.36. The Kier molecular flexibility index (Phi) is 8.90. The van der Waals surface area contributed by atoms with Gasteiger partial charge in [-0.25, -0.2) is 0 Å². The first-order valence-electron chi connectivity index (χ1n) is 11.0. The molecule has 172 valence electrons. The van der Waals surface area contributed by atoms with Gasteiger partial charge in [-0.15, -0.1) is 0 Å². The first-order valence-corrected chi connectivity index (χ1v) is 11.4. The first kappa shape index (κ1) is 24.3. The van der Waals surface area contributed by atoms with E-state index in [2.05, 4.69) is 5.32 Å². The normalized spacial score (nSPS) is 11.6. The standard InChI is InChI=1S/C27H29ClN2O3/c1-20(2)17-29-27(32)26(22-9-5-3-6-10-22)30(18-21-13-15-23(28)16-14-21)25(31)19-33-24-11-7-4-8-12-24/h3-16,20,26H,17-19H2,1-2H3,(H,29,32)/t26-/m1/s1. The maximum Gasteiger partial charge on any atom is 0.261 e. The zero-order valence-corrected chi connectivity index (χ0v) is 19.7. The summed E-state index contributed by atoms with van der Waals surface area (Å²) < 4.78 is 5.73. The zero-order valence-electron chi connectivity index (χ0n) is 18.9. The molecule has 2 amide bonds. The van der Waals surface area contributed by atoms with E-state index in [1.807, 2.05) is 74.5 Å². The van der Waals surface area contributed by atoms with E-state index in [1.165, 1.54) is 0 Å². The molecular formula is C27H29ClN2O3. The highest BCUT2D eigenvalue weighted by Crippen LogP contribution is 2.25. The van der Waals surface area contributed by atoms with Crippen LogP contribution in [0.5, 0.6) is 5.75 Å². The van der Waals surface area contributed by atoms with Gasteiger partial charge in [-0.1, -0.05) is 86.1 Å². The smallest absolute Gasteiger partial charge is 0.261 e. The van der Waals surface area contributed by atoms with Gasteiger partial charge in [-0.3, -0.25) is 9.59 Å². The molecule has 0 heterocycles. The second-order valence-corrected chi connectivity index (χ2v) is 8.64. The molecule has 0 aliphatic carbocycles. The van der Waals surface area contributed by atoms with Crippen molar-refractivity contribution in [3.8, 4) is 5.75 Å². The van der Waals surface area contributed by atoms with E-state index in [1.54, 1.807) is 29.2 Å². The van der Waals surface area contributed by atoms with Crippen molar-refractivity contribution in [2.75, 3.05) is 13.2 Å². The lowest BCUT2D eigenvalue weighted by Gasteiger charge is -2.32. The number of carbonyl (C=O) groups excluding carboxylic acids is 2. The van der Waals surface area contributed by atoms with E-state index in [9.17, 15) is 9.59 Å². The lowest BCUT2D eigenvalue weighted by Crippen LogP contribution is -2.45. The fraction of sp³-hybridized carbons (Fsp3) is 0.259. The highest BCUT2D eigenvalue weighted by atomic mass is 35.5. The Labute approximate surface area is 200 Å². The van der Waals surface area contributed by atoms with Gasteiger partial charge in [0.25, 0.3) is 5.91 Å². The minimum Gasteiger partial charge on any atom is -0.484 e. The van der Waals surface area contributed by atoms with Crippen molar-refractivity contribution >= 4 is 23.4 Å². The van der Waals surface area contributed by atoms with E-state index in [0.717, 1.165) is 11.1 Å². The number of benzene rings is 3. The Morgan fingerprint density at radius 1 is 0.909 bits per heavy atom. The fourth-order valence-corrected chi connectivity index (χ4v) is 3.49. The van der Waals surface area contributed by atoms with E-state index in [-0.39, 0.29) is 30.9 Å². The number of para-hydroxylation sites is 1. The van der Waals surface area contributed by atoms with Crippen molar-refractivity contribution in [3.05, 3.63) is 101 Å². The van der Waals surface area contributed by atoms with Crippen LogP contribution in [0.15, 0.2) is 84.9 Å². The Morgan fingerprint density at radius 2 is 1.52 bits per heavy atom. The Morgan fingerprint density at radius 3 is 2.12 bits per heavy atom. The molecule has 6 heteroatoms. The van der Waals surface area contributed by atoms with E-state index < -0.39 is 6.04 Å². The number of hydrogen-bond acceptors (Lipinski definition) is 3. The molecule has 0 aliphatic heterocycles. The highest BCUT2D eigenvalue weighted by Gasteiger charge is 2.31.